The lowest BCUT2D eigenvalue weighted by atomic mass is 10.2. The van der Waals surface area contributed by atoms with E-state index in [2.05, 4.69) is 17.2 Å². The summed E-state index contributed by atoms with van der Waals surface area (Å²) in [4.78, 5) is 4.79. The van der Waals surface area contributed by atoms with Crippen molar-refractivity contribution in [2.45, 2.75) is 29.9 Å². The Morgan fingerprint density at radius 1 is 1.42 bits per heavy atom. The van der Waals surface area contributed by atoms with Crippen molar-refractivity contribution in [1.29, 1.82) is 0 Å². The first-order chi connectivity index (χ1) is 9.20. The number of halogens is 1. The standard InChI is InChI=1S/C14H18FN3S/c1-3-6-16-10-11-4-5-13(12(15)9-11)19-14-17-7-8-18(14)2/h4-5,7-9,16H,3,6,10H2,1-2H3. The highest BCUT2D eigenvalue weighted by Crippen LogP contribution is 2.28. The van der Waals surface area contributed by atoms with Crippen LogP contribution in [0.5, 0.6) is 0 Å². The molecule has 19 heavy (non-hydrogen) atoms. The Labute approximate surface area is 117 Å². The fourth-order valence-corrected chi connectivity index (χ4v) is 2.50. The normalized spacial score (nSPS) is 10.9. The smallest absolute Gasteiger partial charge is 0.172 e. The van der Waals surface area contributed by atoms with Crippen LogP contribution in [-0.2, 0) is 13.6 Å². The summed E-state index contributed by atoms with van der Waals surface area (Å²) >= 11 is 1.34. The van der Waals surface area contributed by atoms with Gasteiger partial charge >= 0.3 is 0 Å². The number of rotatable bonds is 6. The maximum absolute atomic E-state index is 14.0. The Balaban J connectivity index is 2.05. The zero-order valence-electron chi connectivity index (χ0n) is 11.2. The Kier molecular flexibility index (Phi) is 4.99. The molecule has 0 atom stereocenters. The number of imidazole rings is 1. The molecule has 2 aromatic rings. The Morgan fingerprint density at radius 3 is 2.89 bits per heavy atom. The minimum Gasteiger partial charge on any atom is -0.329 e. The van der Waals surface area contributed by atoms with Crippen LogP contribution in [0.1, 0.15) is 18.9 Å². The van der Waals surface area contributed by atoms with Crippen molar-refractivity contribution >= 4 is 11.8 Å². The summed E-state index contributed by atoms with van der Waals surface area (Å²) in [5, 5.41) is 4.05. The van der Waals surface area contributed by atoms with Crippen LogP contribution in [0.15, 0.2) is 40.6 Å². The third kappa shape index (κ3) is 3.81. The van der Waals surface area contributed by atoms with Crippen LogP contribution in [0, 0.1) is 5.82 Å². The molecular weight excluding hydrogens is 261 g/mol. The van der Waals surface area contributed by atoms with E-state index in [0.717, 1.165) is 23.7 Å². The number of nitrogens with zero attached hydrogens (tertiary/aromatic N) is 2. The van der Waals surface area contributed by atoms with Gasteiger partial charge in [0, 0.05) is 26.0 Å². The molecule has 0 radical (unpaired) electrons. The van der Waals surface area contributed by atoms with Crippen LogP contribution in [-0.4, -0.2) is 16.1 Å². The highest BCUT2D eigenvalue weighted by molar-refractivity contribution is 7.99. The monoisotopic (exact) mass is 279 g/mol. The van der Waals surface area contributed by atoms with E-state index in [1.807, 2.05) is 29.9 Å². The summed E-state index contributed by atoms with van der Waals surface area (Å²) in [6, 6.07) is 5.36. The largest absolute Gasteiger partial charge is 0.329 e. The highest BCUT2D eigenvalue weighted by Gasteiger charge is 2.08. The number of aromatic nitrogens is 2. The van der Waals surface area contributed by atoms with Crippen molar-refractivity contribution in [2.24, 2.45) is 7.05 Å². The van der Waals surface area contributed by atoms with Crippen molar-refractivity contribution in [3.63, 3.8) is 0 Å². The molecule has 1 heterocycles. The lowest BCUT2D eigenvalue weighted by Crippen LogP contribution is -2.13. The zero-order valence-corrected chi connectivity index (χ0v) is 12.0. The van der Waals surface area contributed by atoms with Gasteiger partial charge in [-0.15, -0.1) is 0 Å². The second kappa shape index (κ2) is 6.73. The van der Waals surface area contributed by atoms with Gasteiger partial charge < -0.3 is 9.88 Å². The highest BCUT2D eigenvalue weighted by atomic mass is 32.2. The summed E-state index contributed by atoms with van der Waals surface area (Å²) in [5.41, 5.74) is 0.968. The van der Waals surface area contributed by atoms with Crippen molar-refractivity contribution in [3.8, 4) is 0 Å². The van der Waals surface area contributed by atoms with Gasteiger partial charge in [-0.1, -0.05) is 13.0 Å². The summed E-state index contributed by atoms with van der Waals surface area (Å²) in [5.74, 6) is -0.191. The van der Waals surface area contributed by atoms with E-state index in [0.29, 0.717) is 11.4 Å². The molecular formula is C14H18FN3S. The average molecular weight is 279 g/mol. The molecule has 0 bridgehead atoms. The van der Waals surface area contributed by atoms with Crippen molar-refractivity contribution in [1.82, 2.24) is 14.9 Å². The van der Waals surface area contributed by atoms with Crippen LogP contribution in [0.4, 0.5) is 4.39 Å². The fourth-order valence-electron chi connectivity index (χ4n) is 1.70. The average Bonchev–Trinajstić information content (AvgIpc) is 2.79. The molecule has 5 heteroatoms. The van der Waals surface area contributed by atoms with Gasteiger partial charge in [0.05, 0.1) is 4.90 Å². The van der Waals surface area contributed by atoms with Crippen LogP contribution in [0.2, 0.25) is 0 Å². The lowest BCUT2D eigenvalue weighted by Gasteiger charge is -2.07. The van der Waals surface area contributed by atoms with Gasteiger partial charge in [0.1, 0.15) is 5.82 Å². The molecule has 1 aromatic carbocycles. The van der Waals surface area contributed by atoms with E-state index in [-0.39, 0.29) is 5.82 Å². The van der Waals surface area contributed by atoms with Crippen molar-refractivity contribution < 1.29 is 4.39 Å². The van der Waals surface area contributed by atoms with Crippen LogP contribution >= 0.6 is 11.8 Å². The quantitative estimate of drug-likeness (QED) is 0.823. The topological polar surface area (TPSA) is 29.9 Å². The minimum atomic E-state index is -0.191. The second-order valence-corrected chi connectivity index (χ2v) is 5.37. The molecule has 0 aliphatic rings. The third-order valence-electron chi connectivity index (χ3n) is 2.73. The van der Waals surface area contributed by atoms with E-state index >= 15 is 0 Å². The Bertz CT molecular complexity index is 539. The molecule has 102 valence electrons. The molecule has 0 spiro atoms. The van der Waals surface area contributed by atoms with Crippen LogP contribution < -0.4 is 5.32 Å². The van der Waals surface area contributed by atoms with E-state index in [9.17, 15) is 4.39 Å². The second-order valence-electron chi connectivity index (χ2n) is 4.36. The zero-order chi connectivity index (χ0) is 13.7. The predicted octanol–water partition coefficient (Wildman–Crippen LogP) is 3.21. The summed E-state index contributed by atoms with van der Waals surface area (Å²) in [7, 11) is 1.90. The third-order valence-corrected chi connectivity index (χ3v) is 3.86. The SMILES string of the molecule is CCCNCc1ccc(Sc2nccn2C)c(F)c1. The molecule has 0 saturated heterocycles. The van der Waals surface area contributed by atoms with Gasteiger partial charge in [-0.25, -0.2) is 9.37 Å². The molecule has 0 unspecified atom stereocenters. The van der Waals surface area contributed by atoms with Crippen molar-refractivity contribution in [3.05, 3.63) is 42.0 Å². The number of hydrogen-bond donors (Lipinski definition) is 1. The number of benzene rings is 1. The first kappa shape index (κ1) is 14.1. The first-order valence-corrected chi connectivity index (χ1v) is 7.16. The van der Waals surface area contributed by atoms with Gasteiger partial charge in [-0.05, 0) is 42.4 Å². The first-order valence-electron chi connectivity index (χ1n) is 6.35. The van der Waals surface area contributed by atoms with Gasteiger partial charge in [-0.3, -0.25) is 0 Å². The molecule has 1 aromatic heterocycles. The van der Waals surface area contributed by atoms with E-state index in [4.69, 9.17) is 0 Å². The molecule has 0 saturated carbocycles. The summed E-state index contributed by atoms with van der Waals surface area (Å²) in [6.45, 7) is 3.77. The van der Waals surface area contributed by atoms with Gasteiger partial charge in [0.2, 0.25) is 0 Å². The number of hydrogen-bond acceptors (Lipinski definition) is 3. The van der Waals surface area contributed by atoms with Gasteiger partial charge in [0.25, 0.3) is 0 Å². The van der Waals surface area contributed by atoms with Crippen molar-refractivity contribution in [2.75, 3.05) is 6.54 Å². The van der Waals surface area contributed by atoms with E-state index in [1.54, 1.807) is 12.3 Å². The fraction of sp³-hybridized carbons (Fsp3) is 0.357. The van der Waals surface area contributed by atoms with Gasteiger partial charge in [-0.2, -0.15) is 0 Å². The molecule has 3 nitrogen and oxygen atoms in total. The van der Waals surface area contributed by atoms with Gasteiger partial charge in [0.15, 0.2) is 5.16 Å². The molecule has 0 aliphatic carbocycles. The summed E-state index contributed by atoms with van der Waals surface area (Å²) < 4.78 is 15.9. The molecule has 0 amide bonds. The maximum Gasteiger partial charge on any atom is 0.172 e. The Hall–Kier alpha value is -1.33. The Morgan fingerprint density at radius 2 is 2.26 bits per heavy atom. The molecule has 0 fully saturated rings. The predicted molar refractivity (Wildman–Crippen MR) is 75.7 cm³/mol. The molecule has 0 aliphatic heterocycles. The molecule has 1 N–H and O–H groups in total. The minimum absolute atomic E-state index is 0.191. The van der Waals surface area contributed by atoms with E-state index in [1.165, 1.54) is 11.8 Å². The van der Waals surface area contributed by atoms with E-state index < -0.39 is 0 Å². The summed E-state index contributed by atoms with van der Waals surface area (Å²) in [6.07, 6.45) is 4.64. The number of aryl methyl sites for hydroxylation is 1. The number of nitrogens with one attached hydrogen (secondary N) is 1. The van der Waals surface area contributed by atoms with Crippen LogP contribution in [0.3, 0.4) is 0 Å². The maximum atomic E-state index is 14.0. The lowest BCUT2D eigenvalue weighted by molar-refractivity contribution is 0.594. The van der Waals surface area contributed by atoms with Crippen LogP contribution in [0.25, 0.3) is 0 Å². The molecule has 2 rings (SSSR count).